The van der Waals surface area contributed by atoms with Crippen LogP contribution in [0.3, 0.4) is 0 Å². The number of nitrogens with one attached hydrogen (secondary N) is 2. The van der Waals surface area contributed by atoms with E-state index in [1.807, 2.05) is 0 Å². The molecule has 4 nitrogen and oxygen atoms in total. The van der Waals surface area contributed by atoms with Gasteiger partial charge in [0.2, 0.25) is 11.8 Å². The van der Waals surface area contributed by atoms with E-state index in [0.717, 1.165) is 0 Å². The third-order valence-electron chi connectivity index (χ3n) is 1.45. The molecule has 14 heavy (non-hydrogen) atoms. The number of hydrogen-bond donors (Lipinski definition) is 2. The monoisotopic (exact) mass is 328 g/mol. The van der Waals surface area contributed by atoms with Crippen LogP contribution in [0.15, 0.2) is 0 Å². The molecule has 0 aromatic carbocycles. The van der Waals surface area contributed by atoms with Gasteiger partial charge in [-0.05, 0) is 13.8 Å². The van der Waals surface area contributed by atoms with Crippen LogP contribution >= 0.6 is 31.9 Å². The van der Waals surface area contributed by atoms with Crippen LogP contribution in [0.25, 0.3) is 0 Å². The Kier molecular flexibility index (Phi) is 7.17. The Balaban J connectivity index is 3.48. The molecule has 2 atom stereocenters. The highest BCUT2D eigenvalue weighted by atomic mass is 79.9. The van der Waals surface area contributed by atoms with E-state index in [4.69, 9.17) is 0 Å². The van der Waals surface area contributed by atoms with Crippen molar-refractivity contribution >= 4 is 43.7 Å². The van der Waals surface area contributed by atoms with Gasteiger partial charge in [0.25, 0.3) is 0 Å². The number of amides is 2. The van der Waals surface area contributed by atoms with Crippen molar-refractivity contribution in [3.63, 3.8) is 0 Å². The smallest absolute Gasteiger partial charge is 0.233 e. The quantitative estimate of drug-likeness (QED) is 0.578. The van der Waals surface area contributed by atoms with Crippen molar-refractivity contribution in [3.8, 4) is 0 Å². The van der Waals surface area contributed by atoms with Crippen molar-refractivity contribution in [2.45, 2.75) is 23.5 Å². The highest BCUT2D eigenvalue weighted by Gasteiger charge is 2.09. The molecule has 0 heterocycles. The predicted molar refractivity (Wildman–Crippen MR) is 62.8 cm³/mol. The van der Waals surface area contributed by atoms with Crippen LogP contribution < -0.4 is 10.6 Å². The van der Waals surface area contributed by atoms with Crippen molar-refractivity contribution in [2.24, 2.45) is 0 Å². The maximum Gasteiger partial charge on any atom is 0.233 e. The van der Waals surface area contributed by atoms with Gasteiger partial charge in [0.1, 0.15) is 0 Å². The third kappa shape index (κ3) is 6.37. The Morgan fingerprint density at radius 3 is 1.50 bits per heavy atom. The Morgan fingerprint density at radius 2 is 1.29 bits per heavy atom. The molecular weight excluding hydrogens is 316 g/mol. The van der Waals surface area contributed by atoms with E-state index >= 15 is 0 Å². The van der Waals surface area contributed by atoms with Crippen LogP contribution in [0.2, 0.25) is 0 Å². The molecule has 0 aliphatic rings. The Hall–Kier alpha value is -0.100. The Morgan fingerprint density at radius 1 is 1.00 bits per heavy atom. The van der Waals surface area contributed by atoms with Gasteiger partial charge in [-0.15, -0.1) is 0 Å². The zero-order chi connectivity index (χ0) is 11.1. The Labute approximate surface area is 100 Å². The van der Waals surface area contributed by atoms with Crippen LogP contribution in [0.4, 0.5) is 0 Å². The summed E-state index contributed by atoms with van der Waals surface area (Å²) in [6.45, 7) is 4.38. The number of hydrogen-bond acceptors (Lipinski definition) is 2. The van der Waals surface area contributed by atoms with Gasteiger partial charge in [0.05, 0.1) is 9.65 Å². The molecule has 0 aliphatic heterocycles. The van der Waals surface area contributed by atoms with Gasteiger partial charge in [-0.1, -0.05) is 31.9 Å². The molecule has 0 aliphatic carbocycles. The normalized spacial score (nSPS) is 14.3. The average molecular weight is 330 g/mol. The molecule has 82 valence electrons. The zero-order valence-corrected chi connectivity index (χ0v) is 11.3. The van der Waals surface area contributed by atoms with E-state index in [0.29, 0.717) is 13.1 Å². The van der Waals surface area contributed by atoms with E-state index < -0.39 is 0 Å². The molecule has 0 aromatic rings. The van der Waals surface area contributed by atoms with Crippen LogP contribution in [0, 0.1) is 0 Å². The van der Waals surface area contributed by atoms with E-state index in [1.54, 1.807) is 13.8 Å². The van der Waals surface area contributed by atoms with E-state index in [-0.39, 0.29) is 21.5 Å². The Bertz CT molecular complexity index is 186. The van der Waals surface area contributed by atoms with Crippen LogP contribution in [0.1, 0.15) is 13.8 Å². The molecule has 0 fully saturated rings. The number of halogens is 2. The van der Waals surface area contributed by atoms with Crippen LogP contribution in [0.5, 0.6) is 0 Å². The minimum absolute atomic E-state index is 0.0776. The van der Waals surface area contributed by atoms with Gasteiger partial charge in [0.15, 0.2) is 0 Å². The van der Waals surface area contributed by atoms with Gasteiger partial charge < -0.3 is 10.6 Å². The number of alkyl halides is 2. The molecule has 0 unspecified atom stereocenters. The van der Waals surface area contributed by atoms with Gasteiger partial charge in [-0.25, -0.2) is 0 Å². The number of carbonyl (C=O) groups is 2. The second kappa shape index (κ2) is 7.23. The lowest BCUT2D eigenvalue weighted by atomic mass is 10.4. The van der Waals surface area contributed by atoms with Gasteiger partial charge >= 0.3 is 0 Å². The summed E-state index contributed by atoms with van der Waals surface area (Å²) in [5.74, 6) is -0.155. The minimum atomic E-state index is -0.201. The molecule has 0 bridgehead atoms. The van der Waals surface area contributed by atoms with Gasteiger partial charge in [-0.2, -0.15) is 0 Å². The molecule has 0 radical (unpaired) electrons. The fourth-order valence-corrected chi connectivity index (χ4v) is 0.976. The minimum Gasteiger partial charge on any atom is -0.353 e. The molecule has 0 saturated heterocycles. The molecular formula is C8H14Br2N2O2. The number of rotatable bonds is 5. The van der Waals surface area contributed by atoms with Gasteiger partial charge in [-0.3, -0.25) is 9.59 Å². The molecule has 0 rings (SSSR count). The third-order valence-corrected chi connectivity index (χ3v) is 2.28. The first-order valence-electron chi connectivity index (χ1n) is 4.28. The SMILES string of the molecule is C[C@H](Br)C(=O)NCCNC(=O)[C@@H](C)Br. The lowest BCUT2D eigenvalue weighted by molar-refractivity contribution is -0.121. The molecule has 0 spiro atoms. The molecule has 6 heteroatoms. The fraction of sp³-hybridized carbons (Fsp3) is 0.750. The molecule has 2 N–H and O–H groups in total. The van der Waals surface area contributed by atoms with Crippen molar-refractivity contribution < 1.29 is 9.59 Å². The summed E-state index contributed by atoms with van der Waals surface area (Å²) in [4.78, 5) is 21.7. The van der Waals surface area contributed by atoms with E-state index in [1.165, 1.54) is 0 Å². The standard InChI is InChI=1S/C8H14Br2N2O2/c1-5(9)7(13)11-3-4-12-8(14)6(2)10/h5-6H,3-4H2,1-2H3,(H,11,13)(H,12,14)/t5-,6+. The molecule has 0 aromatic heterocycles. The fourth-order valence-electron chi connectivity index (χ4n) is 0.653. The zero-order valence-electron chi connectivity index (χ0n) is 8.14. The summed E-state index contributed by atoms with van der Waals surface area (Å²) in [7, 11) is 0. The molecule has 2 amide bonds. The topological polar surface area (TPSA) is 58.2 Å². The first kappa shape index (κ1) is 13.9. The lowest BCUT2D eigenvalue weighted by Crippen LogP contribution is -2.38. The summed E-state index contributed by atoms with van der Waals surface area (Å²) in [5, 5.41) is 5.32. The second-order valence-corrected chi connectivity index (χ2v) is 5.56. The van der Waals surface area contributed by atoms with Gasteiger partial charge in [0, 0.05) is 13.1 Å². The first-order chi connectivity index (χ1) is 6.45. The second-order valence-electron chi connectivity index (χ2n) is 2.81. The van der Waals surface area contributed by atoms with Crippen molar-refractivity contribution in [1.82, 2.24) is 10.6 Å². The van der Waals surface area contributed by atoms with Crippen LogP contribution in [-0.2, 0) is 9.59 Å². The highest BCUT2D eigenvalue weighted by Crippen LogP contribution is 1.96. The summed E-state index contributed by atoms with van der Waals surface area (Å²) in [6.07, 6.45) is 0. The predicted octanol–water partition coefficient (Wildman–Crippen LogP) is 0.786. The summed E-state index contributed by atoms with van der Waals surface area (Å²) >= 11 is 6.27. The average Bonchev–Trinajstić information content (AvgIpc) is 2.11. The van der Waals surface area contributed by atoms with Crippen molar-refractivity contribution in [2.75, 3.05) is 13.1 Å². The highest BCUT2D eigenvalue weighted by molar-refractivity contribution is 9.10. The maximum atomic E-state index is 11.0. The van der Waals surface area contributed by atoms with Crippen molar-refractivity contribution in [3.05, 3.63) is 0 Å². The number of carbonyl (C=O) groups excluding carboxylic acids is 2. The summed E-state index contributed by atoms with van der Waals surface area (Å²) in [5.41, 5.74) is 0. The maximum absolute atomic E-state index is 11.0. The summed E-state index contributed by atoms with van der Waals surface area (Å²) < 4.78 is 0. The van der Waals surface area contributed by atoms with Crippen molar-refractivity contribution in [1.29, 1.82) is 0 Å². The lowest BCUT2D eigenvalue weighted by Gasteiger charge is -2.08. The largest absolute Gasteiger partial charge is 0.353 e. The summed E-state index contributed by atoms with van der Waals surface area (Å²) in [6, 6.07) is 0. The van der Waals surface area contributed by atoms with Crippen LogP contribution in [-0.4, -0.2) is 34.6 Å². The van der Waals surface area contributed by atoms with E-state index in [2.05, 4.69) is 42.5 Å². The van der Waals surface area contributed by atoms with E-state index in [9.17, 15) is 9.59 Å². The molecule has 0 saturated carbocycles. The first-order valence-corrected chi connectivity index (χ1v) is 6.12.